The molecule has 0 aliphatic rings. The minimum atomic E-state index is -0.734. The summed E-state index contributed by atoms with van der Waals surface area (Å²) in [7, 11) is 1.61. The van der Waals surface area contributed by atoms with Gasteiger partial charge in [0.2, 0.25) is 5.91 Å². The van der Waals surface area contributed by atoms with Crippen LogP contribution in [0, 0.1) is 11.3 Å². The molecular weight excluding hydrogens is 460 g/mol. The highest BCUT2D eigenvalue weighted by Gasteiger charge is 2.20. The zero-order chi connectivity index (χ0) is 24.7. The Morgan fingerprint density at radius 1 is 1.26 bits per heavy atom. The van der Waals surface area contributed by atoms with Gasteiger partial charge in [-0.15, -0.1) is 5.10 Å². The van der Waals surface area contributed by atoms with E-state index < -0.39 is 12.2 Å². The number of rotatable bonds is 8. The summed E-state index contributed by atoms with van der Waals surface area (Å²) in [6, 6.07) is 8.59. The van der Waals surface area contributed by atoms with E-state index in [1.165, 1.54) is 10.9 Å². The molecule has 0 saturated heterocycles. The van der Waals surface area contributed by atoms with Crippen LogP contribution in [0.5, 0.6) is 0 Å². The van der Waals surface area contributed by atoms with E-state index in [2.05, 4.69) is 37.5 Å². The van der Waals surface area contributed by atoms with Gasteiger partial charge in [-0.1, -0.05) is 29.5 Å². The van der Waals surface area contributed by atoms with Gasteiger partial charge >= 0.3 is 6.09 Å². The van der Waals surface area contributed by atoms with Crippen LogP contribution in [-0.2, 0) is 16.6 Å². The van der Waals surface area contributed by atoms with Gasteiger partial charge in [0.05, 0.1) is 23.6 Å². The normalized spacial score (nSPS) is 11.2. The van der Waals surface area contributed by atoms with Gasteiger partial charge < -0.3 is 10.1 Å². The summed E-state index contributed by atoms with van der Waals surface area (Å²) in [5.41, 5.74) is 2.11. The molecule has 12 heteroatoms. The Kier molecular flexibility index (Phi) is 7.89. The van der Waals surface area contributed by atoms with E-state index in [0.29, 0.717) is 28.2 Å². The fraction of sp³-hybridized carbons (Fsp3) is 0.227. The Morgan fingerprint density at radius 3 is 2.74 bits per heavy atom. The van der Waals surface area contributed by atoms with E-state index in [9.17, 15) is 9.59 Å². The molecular formula is C22H21ClN8O3. The molecule has 34 heavy (non-hydrogen) atoms. The summed E-state index contributed by atoms with van der Waals surface area (Å²) >= 11 is 6.06. The van der Waals surface area contributed by atoms with Crippen molar-refractivity contribution in [2.45, 2.75) is 25.9 Å². The van der Waals surface area contributed by atoms with E-state index >= 15 is 0 Å². The van der Waals surface area contributed by atoms with Crippen LogP contribution in [0.15, 0.2) is 48.8 Å². The third kappa shape index (κ3) is 6.14. The molecule has 3 heterocycles. The molecule has 0 radical (unpaired) electrons. The molecule has 174 valence electrons. The number of aromatic nitrogens is 5. The molecule has 0 spiro atoms. The van der Waals surface area contributed by atoms with E-state index in [-0.39, 0.29) is 29.7 Å². The van der Waals surface area contributed by atoms with Gasteiger partial charge in [-0.3, -0.25) is 15.1 Å². The Morgan fingerprint density at radius 2 is 2.06 bits per heavy atom. The number of allylic oxidation sites excluding steroid dienone is 1. The number of nitrogens with one attached hydrogen (secondary N) is 2. The molecule has 0 aliphatic carbocycles. The lowest BCUT2D eigenvalue weighted by molar-refractivity contribution is -0.116. The van der Waals surface area contributed by atoms with Crippen molar-refractivity contribution >= 4 is 35.1 Å². The number of halogens is 1. The van der Waals surface area contributed by atoms with E-state index in [4.69, 9.17) is 21.6 Å². The van der Waals surface area contributed by atoms with Gasteiger partial charge in [-0.25, -0.2) is 14.5 Å². The SMILES string of the molecule is C=C(C#N)CCC(=O)Nc1ccc(-c2nnn(C)c2NC(=O)O[C@H](C)c2cccnc2Cl)nc1. The fourth-order valence-electron chi connectivity index (χ4n) is 2.87. The number of nitrogens with zero attached hydrogens (tertiary/aromatic N) is 6. The first kappa shape index (κ1) is 24.3. The highest BCUT2D eigenvalue weighted by molar-refractivity contribution is 6.30. The molecule has 11 nitrogen and oxygen atoms in total. The van der Waals surface area contributed by atoms with E-state index in [0.717, 1.165) is 0 Å². The second-order valence-corrected chi connectivity index (χ2v) is 7.52. The van der Waals surface area contributed by atoms with Gasteiger partial charge in [-0.2, -0.15) is 5.26 Å². The van der Waals surface area contributed by atoms with E-state index in [1.807, 2.05) is 6.07 Å². The molecule has 0 aromatic carbocycles. The average molecular weight is 481 g/mol. The minimum absolute atomic E-state index is 0.136. The zero-order valence-corrected chi connectivity index (χ0v) is 19.2. The predicted molar refractivity (Wildman–Crippen MR) is 125 cm³/mol. The molecule has 3 aromatic heterocycles. The minimum Gasteiger partial charge on any atom is -0.441 e. The zero-order valence-electron chi connectivity index (χ0n) is 18.4. The summed E-state index contributed by atoms with van der Waals surface area (Å²) in [6.07, 6.45) is 2.04. The van der Waals surface area contributed by atoms with Gasteiger partial charge in [0.15, 0.2) is 11.5 Å². The number of amides is 2. The Labute approximate surface area is 200 Å². The summed E-state index contributed by atoms with van der Waals surface area (Å²) in [4.78, 5) is 32.8. The maximum Gasteiger partial charge on any atom is 0.413 e. The monoisotopic (exact) mass is 480 g/mol. The Bertz CT molecular complexity index is 1250. The predicted octanol–water partition coefficient (Wildman–Crippen LogP) is 4.03. The second kappa shape index (κ2) is 11.0. The van der Waals surface area contributed by atoms with Gasteiger partial charge in [0, 0.05) is 30.8 Å². The lowest BCUT2D eigenvalue weighted by Gasteiger charge is -2.15. The number of carbonyl (C=O) groups is 2. The Balaban J connectivity index is 1.66. The van der Waals surface area contributed by atoms with Crippen molar-refractivity contribution in [1.82, 2.24) is 25.0 Å². The molecule has 0 unspecified atom stereocenters. The van der Waals surface area contributed by atoms with Crippen LogP contribution in [-0.4, -0.2) is 37.0 Å². The van der Waals surface area contributed by atoms with Crippen molar-refractivity contribution in [2.75, 3.05) is 10.6 Å². The number of aryl methyl sites for hydroxylation is 1. The average Bonchev–Trinajstić information content (AvgIpc) is 3.18. The smallest absolute Gasteiger partial charge is 0.413 e. The number of pyridine rings is 2. The number of anilines is 2. The Hall–Kier alpha value is -4.30. The van der Waals surface area contributed by atoms with Crippen LogP contribution in [0.2, 0.25) is 5.15 Å². The topological polar surface area (TPSA) is 148 Å². The lowest BCUT2D eigenvalue weighted by Crippen LogP contribution is -2.18. The molecule has 0 aliphatic heterocycles. The highest BCUT2D eigenvalue weighted by Crippen LogP contribution is 2.26. The molecule has 0 fully saturated rings. The number of carbonyl (C=O) groups excluding carboxylic acids is 2. The molecule has 2 N–H and O–H groups in total. The number of hydrogen-bond acceptors (Lipinski definition) is 8. The van der Waals surface area contributed by atoms with Crippen molar-refractivity contribution in [1.29, 1.82) is 5.26 Å². The third-order valence-electron chi connectivity index (χ3n) is 4.66. The largest absolute Gasteiger partial charge is 0.441 e. The van der Waals surface area contributed by atoms with Crippen molar-refractivity contribution < 1.29 is 14.3 Å². The summed E-state index contributed by atoms with van der Waals surface area (Å²) in [5, 5.41) is 22.3. The summed E-state index contributed by atoms with van der Waals surface area (Å²) in [5.74, 6) is 0.00665. The first-order valence-electron chi connectivity index (χ1n) is 10.1. The van der Waals surface area contributed by atoms with Gasteiger partial charge in [0.25, 0.3) is 0 Å². The van der Waals surface area contributed by atoms with Crippen LogP contribution in [0.3, 0.4) is 0 Å². The maximum absolute atomic E-state index is 12.5. The molecule has 3 aromatic rings. The summed E-state index contributed by atoms with van der Waals surface area (Å²) < 4.78 is 6.78. The van der Waals surface area contributed by atoms with Crippen LogP contribution in [0.4, 0.5) is 16.3 Å². The third-order valence-corrected chi connectivity index (χ3v) is 4.97. The number of hydrogen-bond donors (Lipinski definition) is 2. The summed E-state index contributed by atoms with van der Waals surface area (Å²) in [6.45, 7) is 5.22. The maximum atomic E-state index is 12.5. The van der Waals surface area contributed by atoms with Crippen molar-refractivity contribution in [3.63, 3.8) is 0 Å². The van der Waals surface area contributed by atoms with Crippen LogP contribution >= 0.6 is 11.6 Å². The van der Waals surface area contributed by atoms with Gasteiger partial charge in [-0.05, 0) is 31.5 Å². The van der Waals surface area contributed by atoms with Crippen LogP contribution in [0.25, 0.3) is 11.4 Å². The van der Waals surface area contributed by atoms with Crippen molar-refractivity contribution in [3.8, 4) is 17.5 Å². The molecule has 0 bridgehead atoms. The number of nitriles is 1. The molecule has 2 amide bonds. The molecule has 0 saturated carbocycles. The van der Waals surface area contributed by atoms with Crippen molar-refractivity contribution in [2.24, 2.45) is 7.05 Å². The molecule has 1 atom stereocenters. The van der Waals surface area contributed by atoms with Crippen LogP contribution in [0.1, 0.15) is 31.4 Å². The van der Waals surface area contributed by atoms with Crippen molar-refractivity contribution in [3.05, 3.63) is 59.5 Å². The standard InChI is InChI=1S/C22H21ClN8O3/c1-13(11-24)6-9-18(32)27-15-7-8-17(26-12-15)19-21(31(3)30-29-19)28-22(33)34-14(2)16-5-4-10-25-20(16)23/h4-5,7-8,10,12,14H,1,6,9H2,2-3H3,(H,27,32)(H,28,33)/t14-/m1/s1. The lowest BCUT2D eigenvalue weighted by atomic mass is 10.2. The highest BCUT2D eigenvalue weighted by atomic mass is 35.5. The molecule has 3 rings (SSSR count). The first-order valence-corrected chi connectivity index (χ1v) is 10.5. The fourth-order valence-corrected chi connectivity index (χ4v) is 3.15. The first-order chi connectivity index (χ1) is 16.3. The van der Waals surface area contributed by atoms with Crippen LogP contribution < -0.4 is 10.6 Å². The van der Waals surface area contributed by atoms with Gasteiger partial charge in [0.1, 0.15) is 11.3 Å². The van der Waals surface area contributed by atoms with E-state index in [1.54, 1.807) is 44.4 Å². The second-order valence-electron chi connectivity index (χ2n) is 7.16. The quantitative estimate of drug-likeness (QED) is 0.362. The number of ether oxygens (including phenoxy) is 1.